The summed E-state index contributed by atoms with van der Waals surface area (Å²) in [5.74, 6) is 6.25. The quantitative estimate of drug-likeness (QED) is 0.349. The highest BCUT2D eigenvalue weighted by Crippen LogP contribution is 2.21. The van der Waals surface area contributed by atoms with Crippen molar-refractivity contribution < 1.29 is 9.53 Å². The lowest BCUT2D eigenvalue weighted by Crippen LogP contribution is -2.41. The fraction of sp³-hybridized carbons (Fsp3) is 0.357. The molecule has 0 bridgehead atoms. The van der Waals surface area contributed by atoms with Gasteiger partial charge in [-0.2, -0.15) is 10.4 Å². The summed E-state index contributed by atoms with van der Waals surface area (Å²) >= 11 is 0. The van der Waals surface area contributed by atoms with Crippen LogP contribution in [0.5, 0.6) is 0 Å². The average molecular weight is 527 g/mol. The average Bonchev–Trinajstić information content (AvgIpc) is 3.24. The van der Waals surface area contributed by atoms with Crippen LogP contribution in [-0.4, -0.2) is 48.6 Å². The predicted molar refractivity (Wildman–Crippen MR) is 148 cm³/mol. The molecule has 3 heterocycles. The highest BCUT2D eigenvalue weighted by atomic mass is 16.6. The minimum Gasteiger partial charge on any atom is -0.444 e. The fourth-order valence-electron chi connectivity index (χ4n) is 4.04. The number of ether oxygens (including phenoxy) is 1. The Bertz CT molecular complexity index is 1700. The molecule has 0 saturated carbocycles. The number of hydrogen-bond donors (Lipinski definition) is 2. The molecule has 0 aliphatic heterocycles. The zero-order valence-electron chi connectivity index (χ0n) is 22.6. The minimum absolute atomic E-state index is 0.0206. The number of benzene rings is 1. The number of amides is 1. The fourth-order valence-corrected chi connectivity index (χ4v) is 4.04. The third kappa shape index (κ3) is 6.16. The standard InChI is InChI=1S/C28H30N8O3/c1-6-7-12-35-24-22(34-26(35)31-14-18(2)33-27(38)39-28(3,4)5)16-32-36(25(24)37)17-23-21(13-29)20-11-9-8-10-19(20)15-30-23/h8-11,15-16,18H,12,14,17H2,1-5H3,(H,31,34)(H,33,38)/t18-/m0/s1. The molecule has 1 atom stereocenters. The van der Waals surface area contributed by atoms with Crippen LogP contribution in [0.3, 0.4) is 0 Å². The molecule has 3 aromatic heterocycles. The highest BCUT2D eigenvalue weighted by molar-refractivity contribution is 5.87. The number of alkyl carbamates (subject to hydrolysis) is 1. The largest absolute Gasteiger partial charge is 0.444 e. The highest BCUT2D eigenvalue weighted by Gasteiger charge is 2.20. The molecule has 1 aromatic carbocycles. The summed E-state index contributed by atoms with van der Waals surface area (Å²) < 4.78 is 8.27. The van der Waals surface area contributed by atoms with Gasteiger partial charge >= 0.3 is 6.09 Å². The molecule has 1 amide bonds. The molecule has 11 heteroatoms. The van der Waals surface area contributed by atoms with Crippen molar-refractivity contribution in [3.8, 4) is 17.9 Å². The number of fused-ring (bicyclic) bond motifs is 2. The second-order valence-corrected chi connectivity index (χ2v) is 10.00. The van der Waals surface area contributed by atoms with Gasteiger partial charge in [-0.25, -0.2) is 14.5 Å². The molecule has 200 valence electrons. The van der Waals surface area contributed by atoms with E-state index in [4.69, 9.17) is 4.74 Å². The van der Waals surface area contributed by atoms with Crippen LogP contribution in [0.25, 0.3) is 21.8 Å². The van der Waals surface area contributed by atoms with Crippen molar-refractivity contribution in [2.24, 2.45) is 0 Å². The molecular weight excluding hydrogens is 496 g/mol. The monoisotopic (exact) mass is 526 g/mol. The van der Waals surface area contributed by atoms with Crippen LogP contribution in [0, 0.1) is 23.2 Å². The normalized spacial score (nSPS) is 11.9. The number of anilines is 1. The molecule has 0 fully saturated rings. The van der Waals surface area contributed by atoms with Gasteiger partial charge in [-0.05, 0) is 34.6 Å². The lowest BCUT2D eigenvalue weighted by atomic mass is 10.1. The molecule has 0 spiro atoms. The van der Waals surface area contributed by atoms with E-state index in [1.54, 1.807) is 38.5 Å². The molecule has 0 aliphatic rings. The Labute approximate surface area is 225 Å². The van der Waals surface area contributed by atoms with Gasteiger partial charge in [-0.15, -0.1) is 5.92 Å². The van der Waals surface area contributed by atoms with Crippen LogP contribution in [0.2, 0.25) is 0 Å². The van der Waals surface area contributed by atoms with E-state index in [1.807, 2.05) is 31.2 Å². The van der Waals surface area contributed by atoms with Gasteiger partial charge in [-0.1, -0.05) is 30.2 Å². The van der Waals surface area contributed by atoms with E-state index in [9.17, 15) is 14.9 Å². The SMILES string of the molecule is CC#CCn1c(NC[C@H](C)NC(=O)OC(C)(C)C)nc2cnn(Cc3ncc4ccccc4c3C#N)c(=O)c21. The van der Waals surface area contributed by atoms with Crippen molar-refractivity contribution in [3.05, 3.63) is 58.3 Å². The lowest BCUT2D eigenvalue weighted by Gasteiger charge is -2.22. The number of aromatic nitrogens is 5. The number of pyridine rings is 1. The van der Waals surface area contributed by atoms with Crippen molar-refractivity contribution >= 4 is 33.8 Å². The zero-order valence-corrected chi connectivity index (χ0v) is 22.6. The number of rotatable bonds is 7. The molecule has 0 unspecified atom stereocenters. The Morgan fingerprint density at radius 2 is 2.00 bits per heavy atom. The number of hydrogen-bond acceptors (Lipinski definition) is 8. The maximum Gasteiger partial charge on any atom is 0.407 e. The molecular formula is C28H30N8O3. The molecule has 0 radical (unpaired) electrons. The second-order valence-electron chi connectivity index (χ2n) is 10.00. The van der Waals surface area contributed by atoms with Crippen molar-refractivity contribution in [3.63, 3.8) is 0 Å². The van der Waals surface area contributed by atoms with Gasteiger partial charge in [0.1, 0.15) is 22.7 Å². The number of carbonyl (C=O) groups is 1. The first kappa shape index (κ1) is 27.1. The summed E-state index contributed by atoms with van der Waals surface area (Å²) in [5.41, 5.74) is 0.585. The van der Waals surface area contributed by atoms with E-state index in [2.05, 4.69) is 43.6 Å². The number of imidazole rings is 1. The van der Waals surface area contributed by atoms with Crippen LogP contribution in [-0.2, 0) is 17.8 Å². The van der Waals surface area contributed by atoms with Crippen LogP contribution in [0.15, 0.2) is 41.5 Å². The summed E-state index contributed by atoms with van der Waals surface area (Å²) in [7, 11) is 0. The Morgan fingerprint density at radius 1 is 1.23 bits per heavy atom. The molecule has 4 aromatic rings. The van der Waals surface area contributed by atoms with Gasteiger partial charge in [0.05, 0.1) is 30.5 Å². The Hall–Kier alpha value is -4.90. The molecule has 4 rings (SSSR count). The van der Waals surface area contributed by atoms with Crippen molar-refractivity contribution in [1.82, 2.24) is 29.6 Å². The molecule has 11 nitrogen and oxygen atoms in total. The summed E-state index contributed by atoms with van der Waals surface area (Å²) in [5, 5.41) is 21.7. The predicted octanol–water partition coefficient (Wildman–Crippen LogP) is 3.41. The van der Waals surface area contributed by atoms with Gasteiger partial charge in [0.2, 0.25) is 5.95 Å². The second kappa shape index (κ2) is 11.2. The number of carbonyl (C=O) groups excluding carboxylic acids is 1. The van der Waals surface area contributed by atoms with E-state index in [1.165, 1.54) is 10.9 Å². The van der Waals surface area contributed by atoms with Gasteiger partial charge in [0, 0.05) is 29.6 Å². The topological polar surface area (TPSA) is 140 Å². The van der Waals surface area contributed by atoms with Crippen molar-refractivity contribution in [2.45, 2.75) is 59.4 Å². The maximum atomic E-state index is 13.6. The third-order valence-electron chi connectivity index (χ3n) is 5.78. The number of nitrogens with zero attached hydrogens (tertiary/aromatic N) is 6. The van der Waals surface area contributed by atoms with E-state index in [0.717, 1.165) is 10.8 Å². The van der Waals surface area contributed by atoms with Gasteiger partial charge < -0.3 is 15.4 Å². The lowest BCUT2D eigenvalue weighted by molar-refractivity contribution is 0.0511. The first-order chi connectivity index (χ1) is 18.6. The van der Waals surface area contributed by atoms with Crippen molar-refractivity contribution in [2.75, 3.05) is 11.9 Å². The third-order valence-corrected chi connectivity index (χ3v) is 5.78. The minimum atomic E-state index is -0.604. The van der Waals surface area contributed by atoms with E-state index >= 15 is 0 Å². The van der Waals surface area contributed by atoms with Gasteiger partial charge in [0.25, 0.3) is 5.56 Å². The number of nitriles is 1. The van der Waals surface area contributed by atoms with Gasteiger partial charge in [-0.3, -0.25) is 14.3 Å². The first-order valence-electron chi connectivity index (χ1n) is 12.5. The Balaban J connectivity index is 1.64. The maximum absolute atomic E-state index is 13.6. The first-order valence-corrected chi connectivity index (χ1v) is 12.5. The number of nitrogens with one attached hydrogen (secondary N) is 2. The summed E-state index contributed by atoms with van der Waals surface area (Å²) in [6, 6.07) is 9.41. The molecule has 39 heavy (non-hydrogen) atoms. The van der Waals surface area contributed by atoms with Crippen LogP contribution >= 0.6 is 0 Å². The van der Waals surface area contributed by atoms with E-state index in [0.29, 0.717) is 34.8 Å². The van der Waals surface area contributed by atoms with Crippen molar-refractivity contribution in [1.29, 1.82) is 5.26 Å². The van der Waals surface area contributed by atoms with Crippen LogP contribution in [0.4, 0.5) is 10.7 Å². The summed E-state index contributed by atoms with van der Waals surface area (Å²) in [4.78, 5) is 34.7. The Kier molecular flexibility index (Phi) is 7.82. The van der Waals surface area contributed by atoms with E-state index < -0.39 is 11.7 Å². The smallest absolute Gasteiger partial charge is 0.407 e. The van der Waals surface area contributed by atoms with Crippen LogP contribution < -0.4 is 16.2 Å². The summed E-state index contributed by atoms with van der Waals surface area (Å²) in [6.45, 7) is 9.50. The van der Waals surface area contributed by atoms with Gasteiger partial charge in [0.15, 0.2) is 0 Å². The van der Waals surface area contributed by atoms with Crippen LogP contribution in [0.1, 0.15) is 45.9 Å². The molecule has 0 aliphatic carbocycles. The molecule has 0 saturated heterocycles. The molecule has 2 N–H and O–H groups in total. The van der Waals surface area contributed by atoms with E-state index in [-0.39, 0.29) is 24.7 Å². The summed E-state index contributed by atoms with van der Waals surface area (Å²) in [6.07, 6.45) is 2.67. The Morgan fingerprint density at radius 3 is 2.72 bits per heavy atom. The zero-order chi connectivity index (χ0) is 28.2.